The summed E-state index contributed by atoms with van der Waals surface area (Å²) >= 11 is 0. The van der Waals surface area contributed by atoms with Crippen molar-refractivity contribution in [2.75, 3.05) is 18.4 Å². The van der Waals surface area contributed by atoms with Crippen LogP contribution in [-0.2, 0) is 6.54 Å². The average Bonchev–Trinajstić information content (AvgIpc) is 3.16. The molecule has 4 rings (SSSR count). The van der Waals surface area contributed by atoms with Crippen LogP contribution in [-0.4, -0.2) is 42.9 Å². The van der Waals surface area contributed by atoms with Crippen LogP contribution in [0.3, 0.4) is 0 Å². The lowest BCUT2D eigenvalue weighted by Crippen LogP contribution is -2.34. The van der Waals surface area contributed by atoms with Crippen LogP contribution in [0.25, 0.3) is 0 Å². The zero-order valence-electron chi connectivity index (χ0n) is 14.0. The second kappa shape index (κ2) is 7.40. The Morgan fingerprint density at radius 1 is 1.16 bits per heavy atom. The largest absolute Gasteiger partial charge is 0.348 e. The number of nitrogens with zero attached hydrogens (tertiary/aromatic N) is 5. The SMILES string of the molecule is c1ccc(Nc2cncc(C3CCCN(Cc4ncc[nH]4)C3)n2)nc1. The fraction of sp³-hybridized carbons (Fsp3) is 0.333. The molecule has 0 spiro atoms. The van der Waals surface area contributed by atoms with E-state index in [4.69, 9.17) is 4.98 Å². The van der Waals surface area contributed by atoms with Crippen molar-refractivity contribution in [2.45, 2.75) is 25.3 Å². The topological polar surface area (TPSA) is 82.6 Å². The summed E-state index contributed by atoms with van der Waals surface area (Å²) in [6, 6.07) is 5.75. The van der Waals surface area contributed by atoms with E-state index in [9.17, 15) is 0 Å². The Hall–Kier alpha value is -2.80. The molecule has 2 N–H and O–H groups in total. The van der Waals surface area contributed by atoms with Gasteiger partial charge in [0, 0.05) is 37.3 Å². The Bertz CT molecular complexity index is 788. The lowest BCUT2D eigenvalue weighted by molar-refractivity contribution is 0.194. The summed E-state index contributed by atoms with van der Waals surface area (Å²) < 4.78 is 0. The van der Waals surface area contributed by atoms with Gasteiger partial charge in [0.1, 0.15) is 17.5 Å². The van der Waals surface area contributed by atoms with Crippen molar-refractivity contribution < 1.29 is 0 Å². The first-order chi connectivity index (χ1) is 12.4. The standard InChI is InChI=1S/C18H21N7/c1-2-6-20-16(5-1)24-17-11-19-10-15(23-17)14-4-3-9-25(12-14)13-18-21-7-8-22-18/h1-2,5-8,10-11,14H,3-4,9,12-13H2,(H,21,22)(H,20,23,24). The molecular weight excluding hydrogens is 314 g/mol. The van der Waals surface area contributed by atoms with E-state index in [0.717, 1.165) is 55.6 Å². The molecule has 0 saturated carbocycles. The minimum atomic E-state index is 0.390. The van der Waals surface area contributed by atoms with Gasteiger partial charge < -0.3 is 10.3 Å². The van der Waals surface area contributed by atoms with Crippen molar-refractivity contribution in [3.63, 3.8) is 0 Å². The van der Waals surface area contributed by atoms with E-state index in [0.29, 0.717) is 5.92 Å². The Morgan fingerprint density at radius 3 is 3.00 bits per heavy atom. The van der Waals surface area contributed by atoms with Gasteiger partial charge in [-0.05, 0) is 31.5 Å². The third-order valence-electron chi connectivity index (χ3n) is 4.43. The normalized spacial score (nSPS) is 18.2. The van der Waals surface area contributed by atoms with Crippen LogP contribution in [0.15, 0.2) is 49.2 Å². The van der Waals surface area contributed by atoms with Crippen molar-refractivity contribution >= 4 is 11.6 Å². The highest BCUT2D eigenvalue weighted by atomic mass is 15.2. The molecule has 1 unspecified atom stereocenters. The Morgan fingerprint density at radius 2 is 2.16 bits per heavy atom. The van der Waals surface area contributed by atoms with Gasteiger partial charge in [0.2, 0.25) is 0 Å². The third-order valence-corrected chi connectivity index (χ3v) is 4.43. The van der Waals surface area contributed by atoms with Gasteiger partial charge in [0.25, 0.3) is 0 Å². The number of aromatic amines is 1. The molecule has 7 nitrogen and oxygen atoms in total. The van der Waals surface area contributed by atoms with Crippen molar-refractivity contribution in [3.05, 3.63) is 60.7 Å². The van der Waals surface area contributed by atoms with Crippen LogP contribution < -0.4 is 5.32 Å². The van der Waals surface area contributed by atoms with Crippen LogP contribution in [0.2, 0.25) is 0 Å². The van der Waals surface area contributed by atoms with Crippen LogP contribution in [0.5, 0.6) is 0 Å². The zero-order valence-corrected chi connectivity index (χ0v) is 14.0. The summed E-state index contributed by atoms with van der Waals surface area (Å²) in [5.74, 6) is 2.91. The highest BCUT2D eigenvalue weighted by Crippen LogP contribution is 2.26. The first-order valence-corrected chi connectivity index (χ1v) is 8.57. The molecule has 1 aliphatic rings. The number of anilines is 2. The predicted molar refractivity (Wildman–Crippen MR) is 95.4 cm³/mol. The molecule has 0 amide bonds. The Balaban J connectivity index is 1.44. The highest BCUT2D eigenvalue weighted by molar-refractivity contribution is 5.50. The van der Waals surface area contributed by atoms with E-state index < -0.39 is 0 Å². The molecule has 1 fully saturated rings. The minimum Gasteiger partial charge on any atom is -0.348 e. The van der Waals surface area contributed by atoms with Crippen LogP contribution in [0.4, 0.5) is 11.6 Å². The van der Waals surface area contributed by atoms with Crippen molar-refractivity contribution in [3.8, 4) is 0 Å². The molecule has 1 aliphatic heterocycles. The maximum atomic E-state index is 4.76. The summed E-state index contributed by atoms with van der Waals surface area (Å²) in [5.41, 5.74) is 1.03. The average molecular weight is 335 g/mol. The molecule has 3 aromatic rings. The molecule has 0 radical (unpaired) electrons. The molecule has 25 heavy (non-hydrogen) atoms. The first-order valence-electron chi connectivity index (χ1n) is 8.57. The minimum absolute atomic E-state index is 0.390. The second-order valence-electron chi connectivity index (χ2n) is 6.28. The second-order valence-corrected chi connectivity index (χ2v) is 6.28. The van der Waals surface area contributed by atoms with Gasteiger partial charge in [-0.2, -0.15) is 0 Å². The number of hydrogen-bond acceptors (Lipinski definition) is 6. The van der Waals surface area contributed by atoms with Crippen LogP contribution in [0, 0.1) is 0 Å². The van der Waals surface area contributed by atoms with Gasteiger partial charge in [-0.15, -0.1) is 0 Å². The fourth-order valence-corrected chi connectivity index (χ4v) is 3.24. The number of likely N-dealkylation sites (tertiary alicyclic amines) is 1. The Kier molecular flexibility index (Phi) is 4.65. The summed E-state index contributed by atoms with van der Waals surface area (Å²) in [7, 11) is 0. The van der Waals surface area contributed by atoms with Gasteiger partial charge in [-0.25, -0.2) is 15.0 Å². The van der Waals surface area contributed by atoms with Gasteiger partial charge in [-0.3, -0.25) is 9.88 Å². The van der Waals surface area contributed by atoms with Crippen LogP contribution in [0.1, 0.15) is 30.3 Å². The summed E-state index contributed by atoms with van der Waals surface area (Å²) in [5, 5.41) is 3.22. The number of aromatic nitrogens is 5. The van der Waals surface area contributed by atoms with Gasteiger partial charge in [0.05, 0.1) is 18.4 Å². The molecular formula is C18H21N7. The first kappa shape index (κ1) is 15.7. The van der Waals surface area contributed by atoms with E-state index in [1.165, 1.54) is 0 Å². The number of imidazole rings is 1. The van der Waals surface area contributed by atoms with Gasteiger partial charge in [0.15, 0.2) is 0 Å². The van der Waals surface area contributed by atoms with E-state index in [2.05, 4.69) is 30.2 Å². The monoisotopic (exact) mass is 335 g/mol. The molecule has 128 valence electrons. The number of nitrogens with one attached hydrogen (secondary N) is 2. The van der Waals surface area contributed by atoms with Crippen molar-refractivity contribution in [1.82, 2.24) is 29.8 Å². The van der Waals surface area contributed by atoms with Crippen LogP contribution >= 0.6 is 0 Å². The number of pyridine rings is 1. The van der Waals surface area contributed by atoms with Gasteiger partial charge >= 0.3 is 0 Å². The number of H-pyrrole nitrogens is 1. The van der Waals surface area contributed by atoms with E-state index >= 15 is 0 Å². The van der Waals surface area contributed by atoms with Gasteiger partial charge in [-0.1, -0.05) is 6.07 Å². The van der Waals surface area contributed by atoms with E-state index in [1.54, 1.807) is 18.6 Å². The zero-order chi connectivity index (χ0) is 16.9. The van der Waals surface area contributed by atoms with Crippen molar-refractivity contribution in [2.24, 2.45) is 0 Å². The summed E-state index contributed by atoms with van der Waals surface area (Å²) in [6.07, 6.45) is 11.3. The fourth-order valence-electron chi connectivity index (χ4n) is 3.24. The molecule has 1 atom stereocenters. The maximum absolute atomic E-state index is 4.76. The summed E-state index contributed by atoms with van der Waals surface area (Å²) in [6.45, 7) is 2.92. The van der Waals surface area contributed by atoms with Crippen molar-refractivity contribution in [1.29, 1.82) is 0 Å². The number of hydrogen-bond donors (Lipinski definition) is 2. The molecule has 0 bridgehead atoms. The molecule has 1 saturated heterocycles. The molecule has 7 heteroatoms. The summed E-state index contributed by atoms with van der Waals surface area (Å²) in [4.78, 5) is 23.3. The highest BCUT2D eigenvalue weighted by Gasteiger charge is 2.23. The molecule has 0 aromatic carbocycles. The molecule has 3 aromatic heterocycles. The quantitative estimate of drug-likeness (QED) is 0.746. The van der Waals surface area contributed by atoms with E-state index in [1.807, 2.05) is 30.6 Å². The van der Waals surface area contributed by atoms with E-state index in [-0.39, 0.29) is 0 Å². The Labute approximate surface area is 146 Å². The molecule has 0 aliphatic carbocycles. The maximum Gasteiger partial charge on any atom is 0.150 e. The third kappa shape index (κ3) is 4.00. The smallest absolute Gasteiger partial charge is 0.150 e. The molecule has 4 heterocycles. The lowest BCUT2D eigenvalue weighted by Gasteiger charge is -2.31. The number of piperidine rings is 1. The predicted octanol–water partition coefficient (Wildman–Crippen LogP) is 2.72. The number of rotatable bonds is 5. The lowest BCUT2D eigenvalue weighted by atomic mass is 9.95.